The molecule has 5 rings (SSSR count). The number of nitrogens with one attached hydrogen (secondary N) is 3. The SMILES string of the molecule is O=C(Nc1ccc(OC(F)(F)F)cc1)c1cccc(C2c3cn[nH]c3N=C3CNCC(=O)C32)c1. The van der Waals surface area contributed by atoms with Crippen LogP contribution in [0.2, 0.25) is 0 Å². The van der Waals surface area contributed by atoms with Gasteiger partial charge in [0.05, 0.1) is 18.7 Å². The first-order valence-electron chi connectivity index (χ1n) is 10.4. The molecule has 1 amide bonds. The van der Waals surface area contributed by atoms with E-state index in [4.69, 9.17) is 0 Å². The van der Waals surface area contributed by atoms with Crippen molar-refractivity contribution in [1.29, 1.82) is 0 Å². The van der Waals surface area contributed by atoms with Crippen molar-refractivity contribution >= 4 is 28.9 Å². The van der Waals surface area contributed by atoms with Gasteiger partial charge in [-0.25, -0.2) is 4.99 Å². The average Bonchev–Trinajstić information content (AvgIpc) is 3.26. The third-order valence-electron chi connectivity index (χ3n) is 5.74. The quantitative estimate of drug-likeness (QED) is 0.542. The summed E-state index contributed by atoms with van der Waals surface area (Å²) in [6.07, 6.45) is -3.15. The van der Waals surface area contributed by atoms with Crippen LogP contribution in [-0.4, -0.2) is 47.1 Å². The molecule has 0 aliphatic carbocycles. The summed E-state index contributed by atoms with van der Waals surface area (Å²) in [5.74, 6) is -1.03. The van der Waals surface area contributed by atoms with Crippen molar-refractivity contribution in [1.82, 2.24) is 15.5 Å². The maximum atomic E-state index is 12.9. The van der Waals surface area contributed by atoms with Crippen LogP contribution in [0.1, 0.15) is 27.4 Å². The molecule has 0 saturated carbocycles. The lowest BCUT2D eigenvalue weighted by atomic mass is 9.73. The number of piperidine rings is 1. The molecule has 0 bridgehead atoms. The molecule has 1 aromatic heterocycles. The standard InChI is InChI=1S/C23H18F3N5O3/c24-23(25,26)34-15-6-4-14(5-7-15)29-22(33)13-3-1-2-12(8-13)19-16-9-28-31-21(16)30-17-10-27-11-18(32)20(17)19/h1-9,19-20,27H,10-11H2,(H,28,31)(H,29,33). The molecule has 1 fully saturated rings. The summed E-state index contributed by atoms with van der Waals surface area (Å²) in [6.45, 7) is 0.723. The number of rotatable bonds is 4. The zero-order valence-corrected chi connectivity index (χ0v) is 17.5. The Labute approximate surface area is 191 Å². The van der Waals surface area contributed by atoms with Crippen LogP contribution < -0.4 is 15.4 Å². The molecule has 2 aliphatic rings. The zero-order chi connectivity index (χ0) is 23.9. The van der Waals surface area contributed by atoms with Crippen LogP contribution >= 0.6 is 0 Å². The molecular weight excluding hydrogens is 451 g/mol. The van der Waals surface area contributed by atoms with Crippen molar-refractivity contribution in [2.75, 3.05) is 18.4 Å². The number of nitrogens with zero attached hydrogens (tertiary/aromatic N) is 2. The fourth-order valence-corrected chi connectivity index (χ4v) is 4.32. The van der Waals surface area contributed by atoms with Crippen LogP contribution in [0.3, 0.4) is 0 Å². The highest BCUT2D eigenvalue weighted by atomic mass is 19.4. The maximum absolute atomic E-state index is 12.9. The van der Waals surface area contributed by atoms with Gasteiger partial charge in [-0.05, 0) is 42.0 Å². The molecule has 1 saturated heterocycles. The lowest BCUT2D eigenvalue weighted by Crippen LogP contribution is -2.48. The Morgan fingerprint density at radius 2 is 1.88 bits per heavy atom. The summed E-state index contributed by atoms with van der Waals surface area (Å²) in [5.41, 5.74) is 2.90. The van der Waals surface area contributed by atoms with Crippen molar-refractivity contribution in [2.45, 2.75) is 12.3 Å². The number of aliphatic imine (C=N–C) groups is 1. The number of ether oxygens (including phenoxy) is 1. The highest BCUT2D eigenvalue weighted by Gasteiger charge is 2.41. The van der Waals surface area contributed by atoms with Crippen molar-refractivity contribution in [3.63, 3.8) is 0 Å². The van der Waals surface area contributed by atoms with E-state index in [0.717, 1.165) is 23.3 Å². The van der Waals surface area contributed by atoms with Crippen LogP contribution in [0.15, 0.2) is 59.7 Å². The van der Waals surface area contributed by atoms with Gasteiger partial charge in [-0.15, -0.1) is 13.2 Å². The van der Waals surface area contributed by atoms with Gasteiger partial charge in [-0.2, -0.15) is 5.10 Å². The zero-order valence-electron chi connectivity index (χ0n) is 17.5. The number of carbonyl (C=O) groups is 2. The fraction of sp³-hybridized carbons (Fsp3) is 0.217. The number of fused-ring (bicyclic) bond motifs is 2. The third kappa shape index (κ3) is 4.29. The Bertz CT molecular complexity index is 1280. The molecule has 3 N–H and O–H groups in total. The Morgan fingerprint density at radius 3 is 2.65 bits per heavy atom. The van der Waals surface area contributed by atoms with Crippen molar-refractivity contribution < 1.29 is 27.5 Å². The van der Waals surface area contributed by atoms with E-state index in [1.165, 1.54) is 12.1 Å². The molecule has 2 aromatic carbocycles. The Morgan fingerprint density at radius 1 is 1.09 bits per heavy atom. The second-order valence-electron chi connectivity index (χ2n) is 7.95. The predicted molar refractivity (Wildman–Crippen MR) is 116 cm³/mol. The van der Waals surface area contributed by atoms with Gasteiger partial charge in [0, 0.05) is 35.0 Å². The van der Waals surface area contributed by atoms with Crippen LogP contribution in [0.4, 0.5) is 24.7 Å². The minimum atomic E-state index is -4.79. The van der Waals surface area contributed by atoms with Gasteiger partial charge in [-0.3, -0.25) is 14.7 Å². The summed E-state index contributed by atoms with van der Waals surface area (Å²) in [6, 6.07) is 11.8. The van der Waals surface area contributed by atoms with Crippen LogP contribution in [0.5, 0.6) is 5.75 Å². The summed E-state index contributed by atoms with van der Waals surface area (Å²) in [7, 11) is 0. The first-order chi connectivity index (χ1) is 16.3. The number of hydrogen-bond acceptors (Lipinski definition) is 6. The lowest BCUT2D eigenvalue weighted by molar-refractivity contribution is -0.274. The number of hydrogen-bond donors (Lipinski definition) is 3. The van der Waals surface area contributed by atoms with Crippen LogP contribution in [-0.2, 0) is 4.79 Å². The molecule has 174 valence electrons. The van der Waals surface area contributed by atoms with Gasteiger partial charge in [0.1, 0.15) is 5.75 Å². The van der Waals surface area contributed by atoms with Gasteiger partial charge in [0.2, 0.25) is 0 Å². The maximum Gasteiger partial charge on any atom is 0.573 e. The first kappa shape index (κ1) is 21.8. The molecule has 8 nitrogen and oxygen atoms in total. The summed E-state index contributed by atoms with van der Waals surface area (Å²) in [5, 5.41) is 12.7. The Kier molecular flexibility index (Phi) is 5.40. The molecule has 3 heterocycles. The number of halogens is 3. The summed E-state index contributed by atoms with van der Waals surface area (Å²) >= 11 is 0. The second kappa shape index (κ2) is 8.41. The molecule has 2 atom stereocenters. The minimum absolute atomic E-state index is 0.0119. The largest absolute Gasteiger partial charge is 0.573 e. The number of aromatic amines is 1. The Balaban J connectivity index is 1.40. The van der Waals surface area contributed by atoms with E-state index in [9.17, 15) is 22.8 Å². The van der Waals surface area contributed by atoms with Gasteiger partial charge >= 0.3 is 6.36 Å². The van der Waals surface area contributed by atoms with E-state index >= 15 is 0 Å². The van der Waals surface area contributed by atoms with Crippen LogP contribution in [0, 0.1) is 5.92 Å². The van der Waals surface area contributed by atoms with Gasteiger partial charge in [-0.1, -0.05) is 12.1 Å². The fourth-order valence-electron chi connectivity index (χ4n) is 4.32. The predicted octanol–water partition coefficient (Wildman–Crippen LogP) is 3.57. The van der Waals surface area contributed by atoms with Gasteiger partial charge < -0.3 is 15.4 Å². The molecular formula is C23H18F3N5O3. The molecule has 2 unspecified atom stereocenters. The normalized spacial score (nSPS) is 19.6. The number of benzene rings is 2. The number of amides is 1. The van der Waals surface area contributed by atoms with Gasteiger partial charge in [0.15, 0.2) is 11.6 Å². The number of alkyl halides is 3. The molecule has 0 radical (unpaired) electrons. The smallest absolute Gasteiger partial charge is 0.406 e. The number of aromatic nitrogens is 2. The van der Waals surface area contributed by atoms with E-state index in [1.807, 2.05) is 6.07 Å². The molecule has 0 spiro atoms. The number of H-pyrrole nitrogens is 1. The summed E-state index contributed by atoms with van der Waals surface area (Å²) in [4.78, 5) is 30.2. The van der Waals surface area contributed by atoms with E-state index in [2.05, 4.69) is 30.6 Å². The minimum Gasteiger partial charge on any atom is -0.406 e. The second-order valence-corrected chi connectivity index (χ2v) is 7.95. The molecule has 11 heteroatoms. The molecule has 2 aliphatic heterocycles. The molecule has 3 aromatic rings. The monoisotopic (exact) mass is 469 g/mol. The number of Topliss-reactive ketones (excluding diaryl/α,β-unsaturated/α-hetero) is 1. The highest BCUT2D eigenvalue weighted by Crippen LogP contribution is 2.42. The third-order valence-corrected chi connectivity index (χ3v) is 5.74. The van der Waals surface area contributed by atoms with Crippen molar-refractivity contribution in [3.05, 3.63) is 71.4 Å². The first-order valence-corrected chi connectivity index (χ1v) is 10.4. The van der Waals surface area contributed by atoms with E-state index in [1.54, 1.807) is 24.4 Å². The summed E-state index contributed by atoms with van der Waals surface area (Å²) < 4.78 is 40.8. The topological polar surface area (TPSA) is 108 Å². The number of anilines is 1. The highest BCUT2D eigenvalue weighted by molar-refractivity contribution is 6.12. The van der Waals surface area contributed by atoms with Crippen molar-refractivity contribution in [3.8, 4) is 5.75 Å². The van der Waals surface area contributed by atoms with E-state index in [0.29, 0.717) is 29.3 Å². The average molecular weight is 469 g/mol. The number of carbonyl (C=O) groups excluding carboxylic acids is 2. The van der Waals surface area contributed by atoms with Crippen molar-refractivity contribution in [2.24, 2.45) is 10.9 Å². The lowest BCUT2D eigenvalue weighted by Gasteiger charge is -2.34. The molecule has 34 heavy (non-hydrogen) atoms. The van der Waals surface area contributed by atoms with E-state index < -0.39 is 18.2 Å². The van der Waals surface area contributed by atoms with Gasteiger partial charge in [0.25, 0.3) is 5.91 Å². The van der Waals surface area contributed by atoms with E-state index in [-0.39, 0.29) is 24.0 Å². The van der Waals surface area contributed by atoms with Crippen LogP contribution in [0.25, 0.3) is 0 Å². The number of ketones is 1. The Hall–Kier alpha value is -3.99.